The Morgan fingerprint density at radius 2 is 2.06 bits per heavy atom. The lowest BCUT2D eigenvalue weighted by molar-refractivity contribution is -0.441. The third-order valence-corrected chi connectivity index (χ3v) is 5.47. The lowest BCUT2D eigenvalue weighted by Gasteiger charge is -2.10. The molecule has 9 heteroatoms. The number of amidine groups is 1. The molecule has 2 N–H and O–H groups in total. The molecule has 1 radical (unpaired) electrons. The number of carbonyl (C=O) groups is 1. The quantitative estimate of drug-likeness (QED) is 0.621. The second-order valence-corrected chi connectivity index (χ2v) is 7.72. The standard InChI is InChI=1S/C25H21FN7O.2H2/c1-16-6-7-17(12-27)10-19(16)13-30-25(34)18-4-3-5-20(11-18)29-15-23-31-32-24(33(23)2)21-8-9-28-14-22(21)26;;/h3-11,14,29H,13,15H2,1-2H3;2*1H/p+1. The fourth-order valence-electron chi connectivity index (χ4n) is 3.47. The highest BCUT2D eigenvalue weighted by Crippen LogP contribution is 2.25. The van der Waals surface area contributed by atoms with Gasteiger partial charge < -0.3 is 10.6 Å². The van der Waals surface area contributed by atoms with Crippen LogP contribution in [0, 0.1) is 24.7 Å². The number of aryl methyl sites for hydroxylation is 1. The summed E-state index contributed by atoms with van der Waals surface area (Å²) in [7, 11) is 1.76. The zero-order valence-corrected chi connectivity index (χ0v) is 18.7. The predicted molar refractivity (Wildman–Crippen MR) is 131 cm³/mol. The molecule has 0 spiro atoms. The molecular formula is C25H26FN7O+. The number of allylic oxidation sites excluding steroid dienone is 2. The van der Waals surface area contributed by atoms with Crippen LogP contribution >= 0.6 is 0 Å². The number of carbonyl (C=O) groups excluding carboxylic acids is 1. The van der Waals surface area contributed by atoms with Crippen molar-refractivity contribution in [3.8, 4) is 6.07 Å². The molecule has 8 nitrogen and oxygen atoms in total. The van der Waals surface area contributed by atoms with E-state index in [4.69, 9.17) is 5.26 Å². The molecule has 0 fully saturated rings. The molecule has 2 heterocycles. The van der Waals surface area contributed by atoms with Crippen LogP contribution in [0.2, 0.25) is 0 Å². The van der Waals surface area contributed by atoms with E-state index in [1.54, 1.807) is 48.4 Å². The van der Waals surface area contributed by atoms with Gasteiger partial charge >= 0.3 is 11.7 Å². The largest absolute Gasteiger partial charge is 0.375 e. The van der Waals surface area contributed by atoms with Gasteiger partial charge in [-0.1, -0.05) is 12.1 Å². The van der Waals surface area contributed by atoms with Gasteiger partial charge in [0.05, 0.1) is 40.7 Å². The van der Waals surface area contributed by atoms with Crippen molar-refractivity contribution < 1.29 is 16.6 Å². The monoisotopic (exact) mass is 459 g/mol. The summed E-state index contributed by atoms with van der Waals surface area (Å²) < 4.78 is 15.8. The summed E-state index contributed by atoms with van der Waals surface area (Å²) in [4.78, 5) is 16.4. The van der Waals surface area contributed by atoms with E-state index in [9.17, 15) is 9.18 Å². The normalized spacial score (nSPS) is 16.9. The lowest BCUT2D eigenvalue weighted by Crippen LogP contribution is -2.23. The van der Waals surface area contributed by atoms with Crippen LogP contribution in [-0.2, 0) is 6.54 Å². The van der Waals surface area contributed by atoms with Gasteiger partial charge in [-0.25, -0.2) is 8.97 Å². The fraction of sp³-hybridized carbons (Fsp3) is 0.160. The molecule has 2 aliphatic heterocycles. The number of hydrogen-bond donors (Lipinski definition) is 2. The molecule has 4 rings (SSSR count). The zero-order chi connectivity index (χ0) is 24.1. The van der Waals surface area contributed by atoms with Crippen molar-refractivity contribution in [2.24, 2.45) is 15.2 Å². The van der Waals surface area contributed by atoms with Crippen molar-refractivity contribution in [2.45, 2.75) is 13.5 Å². The van der Waals surface area contributed by atoms with Crippen LogP contribution in [-0.4, -0.2) is 36.1 Å². The number of amides is 1. The Hall–Kier alpha value is -4.45. The summed E-state index contributed by atoms with van der Waals surface area (Å²) >= 11 is 0. The maximum atomic E-state index is 14.1. The third kappa shape index (κ3) is 4.96. The molecule has 1 amide bonds. The van der Waals surface area contributed by atoms with Gasteiger partial charge in [0.1, 0.15) is 6.54 Å². The molecule has 0 saturated carbocycles. The Bertz CT molecular complexity index is 1360. The first-order valence-corrected chi connectivity index (χ1v) is 10.6. The molecule has 0 aliphatic carbocycles. The Morgan fingerprint density at radius 1 is 1.21 bits per heavy atom. The van der Waals surface area contributed by atoms with Gasteiger partial charge in [0, 0.05) is 33.3 Å². The van der Waals surface area contributed by atoms with Gasteiger partial charge in [0.2, 0.25) is 0 Å². The van der Waals surface area contributed by atoms with E-state index in [1.165, 1.54) is 6.21 Å². The summed E-state index contributed by atoms with van der Waals surface area (Å²) in [5.74, 6) is 0.319. The van der Waals surface area contributed by atoms with E-state index in [-0.39, 0.29) is 8.76 Å². The Balaban J connectivity index is 0.00000228. The first kappa shape index (κ1) is 22.7. The summed E-state index contributed by atoms with van der Waals surface area (Å²) in [6, 6.07) is 14.6. The number of rotatable bonds is 6. The van der Waals surface area contributed by atoms with Crippen molar-refractivity contribution >= 4 is 23.6 Å². The minimum Gasteiger partial charge on any atom is -0.375 e. The first-order chi connectivity index (χ1) is 16.5. The van der Waals surface area contributed by atoms with Crippen molar-refractivity contribution in [3.63, 3.8) is 0 Å². The summed E-state index contributed by atoms with van der Waals surface area (Å²) in [6.07, 6.45) is 4.19. The van der Waals surface area contributed by atoms with Crippen LogP contribution < -0.4 is 10.6 Å². The molecule has 2 aromatic carbocycles. The minimum atomic E-state index is -0.467. The number of hydrogen-bond acceptors (Lipinski definition) is 6. The molecule has 173 valence electrons. The topological polar surface area (TPSA) is 105 Å². The van der Waals surface area contributed by atoms with Gasteiger partial charge in [-0.2, -0.15) is 5.26 Å². The van der Waals surface area contributed by atoms with Crippen molar-refractivity contribution in [1.82, 2.24) is 5.32 Å². The zero-order valence-electron chi connectivity index (χ0n) is 18.7. The highest BCUT2D eigenvalue weighted by molar-refractivity contribution is 5.95. The SMILES string of the molecule is Cc1ccc(C#N)cc1CNC(=O)c1cccc(NCC2=[N+](C)/C(=C3\[CH]C=NC=C3F)N=N2)c1.[HH].[HH]. The molecule has 2 aliphatic rings. The van der Waals surface area contributed by atoms with Crippen LogP contribution in [0.4, 0.5) is 10.1 Å². The molecule has 0 saturated heterocycles. The summed E-state index contributed by atoms with van der Waals surface area (Å²) in [5, 5.41) is 23.5. The van der Waals surface area contributed by atoms with Crippen LogP contribution in [0.15, 0.2) is 81.1 Å². The van der Waals surface area contributed by atoms with Gasteiger partial charge in [-0.05, 0) is 48.4 Å². The van der Waals surface area contributed by atoms with E-state index in [0.717, 1.165) is 23.0 Å². The molecule has 0 aromatic heterocycles. The van der Waals surface area contributed by atoms with E-state index in [1.807, 2.05) is 19.1 Å². The number of nitrogens with one attached hydrogen (secondary N) is 2. The number of azo groups is 1. The average Bonchev–Trinajstić information content (AvgIpc) is 3.22. The molecular weight excluding hydrogens is 433 g/mol. The molecule has 34 heavy (non-hydrogen) atoms. The van der Waals surface area contributed by atoms with E-state index in [0.29, 0.717) is 41.4 Å². The van der Waals surface area contributed by atoms with Crippen molar-refractivity contribution in [3.05, 3.63) is 94.6 Å². The maximum absolute atomic E-state index is 14.1. The highest BCUT2D eigenvalue weighted by Gasteiger charge is 2.29. The number of nitriles is 1. The van der Waals surface area contributed by atoms with E-state index in [2.05, 4.69) is 31.9 Å². The van der Waals surface area contributed by atoms with Gasteiger partial charge in [-0.3, -0.25) is 9.79 Å². The minimum absolute atomic E-state index is 0. The van der Waals surface area contributed by atoms with Gasteiger partial charge in [0.15, 0.2) is 5.83 Å². The van der Waals surface area contributed by atoms with E-state index < -0.39 is 5.83 Å². The molecule has 0 unspecified atom stereocenters. The van der Waals surface area contributed by atoms with Crippen LogP contribution in [0.5, 0.6) is 0 Å². The van der Waals surface area contributed by atoms with Crippen LogP contribution in [0.3, 0.4) is 0 Å². The Labute approximate surface area is 199 Å². The van der Waals surface area contributed by atoms with E-state index >= 15 is 0 Å². The van der Waals surface area contributed by atoms with Crippen molar-refractivity contribution in [2.75, 3.05) is 18.9 Å². The smallest absolute Gasteiger partial charge is 0.312 e. The molecule has 0 atom stereocenters. The van der Waals surface area contributed by atoms with Crippen LogP contribution in [0.1, 0.15) is 29.9 Å². The van der Waals surface area contributed by atoms with Gasteiger partial charge in [0.25, 0.3) is 5.91 Å². The maximum Gasteiger partial charge on any atom is 0.312 e. The Kier molecular flexibility index (Phi) is 6.69. The third-order valence-electron chi connectivity index (χ3n) is 5.47. The van der Waals surface area contributed by atoms with Crippen molar-refractivity contribution in [1.29, 1.82) is 5.26 Å². The lowest BCUT2D eigenvalue weighted by atomic mass is 10.1. The second kappa shape index (κ2) is 10.0. The number of nitrogens with zero attached hydrogens (tertiary/aromatic N) is 5. The molecule has 0 bridgehead atoms. The number of anilines is 1. The fourth-order valence-corrected chi connectivity index (χ4v) is 3.47. The molecule has 2 aromatic rings. The predicted octanol–water partition coefficient (Wildman–Crippen LogP) is 4.52. The first-order valence-electron chi connectivity index (χ1n) is 10.6. The number of aliphatic imine (C=N–C) groups is 1. The van der Waals surface area contributed by atoms with Crippen LogP contribution in [0.25, 0.3) is 0 Å². The second-order valence-electron chi connectivity index (χ2n) is 7.72. The number of halogens is 1. The summed E-state index contributed by atoms with van der Waals surface area (Å²) in [5.41, 5.74) is 4.01. The number of benzene rings is 2. The summed E-state index contributed by atoms with van der Waals surface area (Å²) in [6.45, 7) is 2.60. The van der Waals surface area contributed by atoms with Gasteiger partial charge in [-0.15, -0.1) is 0 Å². The highest BCUT2D eigenvalue weighted by atomic mass is 19.1. The average molecular weight is 460 g/mol. The Morgan fingerprint density at radius 3 is 2.85 bits per heavy atom.